The van der Waals surface area contributed by atoms with E-state index in [2.05, 4.69) is 38.1 Å². The van der Waals surface area contributed by atoms with Gasteiger partial charge in [0.2, 0.25) is 0 Å². The Balaban J connectivity index is 1.59. The summed E-state index contributed by atoms with van der Waals surface area (Å²) in [4.78, 5) is 34.4. The third kappa shape index (κ3) is 2.36. The number of hydrogen-bond acceptors (Lipinski definition) is 6. The predicted molar refractivity (Wildman–Crippen MR) is 128 cm³/mol. The maximum atomic E-state index is 13.3. The van der Waals surface area contributed by atoms with Crippen LogP contribution in [-0.2, 0) is 9.59 Å². The molecule has 0 aliphatic carbocycles. The number of thiophene rings is 4. The van der Waals surface area contributed by atoms with E-state index >= 15 is 0 Å². The standard InChI is InChI=1S/C22H16N2O2S4/c1-9-5-11-13(27-9)7-15(29-11)19-17-18(22(26)23(19)3)20(24(4)21(17)25)16-8-14-12(30-16)6-10(2)28-14/h5-8H,1-4H3. The number of aryl methyl sites for hydroxylation is 2. The van der Waals surface area contributed by atoms with Crippen molar-refractivity contribution in [3.63, 3.8) is 0 Å². The summed E-state index contributed by atoms with van der Waals surface area (Å²) in [7, 11) is 3.55. The van der Waals surface area contributed by atoms with E-state index in [4.69, 9.17) is 0 Å². The molecule has 4 nitrogen and oxygen atoms in total. The summed E-state index contributed by atoms with van der Waals surface area (Å²) in [6, 6.07) is 8.56. The van der Waals surface area contributed by atoms with E-state index in [0.717, 1.165) is 21.1 Å². The van der Waals surface area contributed by atoms with Gasteiger partial charge in [-0.05, 0) is 38.1 Å². The molecule has 6 heterocycles. The summed E-state index contributed by atoms with van der Waals surface area (Å²) >= 11 is 6.78. The Morgan fingerprint density at radius 2 is 0.967 bits per heavy atom. The molecule has 0 radical (unpaired) electrons. The van der Waals surface area contributed by atoms with Crippen molar-refractivity contribution >= 4 is 87.4 Å². The van der Waals surface area contributed by atoms with Gasteiger partial charge in [-0.25, -0.2) is 0 Å². The zero-order valence-corrected chi connectivity index (χ0v) is 19.9. The molecule has 4 aromatic heterocycles. The lowest BCUT2D eigenvalue weighted by Crippen LogP contribution is -2.24. The first kappa shape index (κ1) is 18.5. The molecule has 150 valence electrons. The van der Waals surface area contributed by atoms with Crippen molar-refractivity contribution in [1.29, 1.82) is 0 Å². The van der Waals surface area contributed by atoms with Crippen LogP contribution in [0.3, 0.4) is 0 Å². The second-order valence-electron chi connectivity index (χ2n) is 7.57. The van der Waals surface area contributed by atoms with Gasteiger partial charge in [0.15, 0.2) is 0 Å². The maximum Gasteiger partial charge on any atom is 0.261 e. The van der Waals surface area contributed by atoms with Crippen molar-refractivity contribution in [2.75, 3.05) is 14.1 Å². The summed E-state index contributed by atoms with van der Waals surface area (Å²) in [6.07, 6.45) is 0. The van der Waals surface area contributed by atoms with Crippen LogP contribution in [0.15, 0.2) is 35.4 Å². The summed E-state index contributed by atoms with van der Waals surface area (Å²) in [5, 5.41) is 0. The molecular weight excluding hydrogens is 453 g/mol. The van der Waals surface area contributed by atoms with Crippen LogP contribution in [0.1, 0.15) is 19.5 Å². The fraction of sp³-hybridized carbons (Fsp3) is 0.182. The molecule has 2 aliphatic heterocycles. The molecule has 0 saturated carbocycles. The van der Waals surface area contributed by atoms with Crippen LogP contribution in [0, 0.1) is 13.8 Å². The van der Waals surface area contributed by atoms with Gasteiger partial charge >= 0.3 is 0 Å². The van der Waals surface area contributed by atoms with Gasteiger partial charge in [-0.15, -0.1) is 45.3 Å². The first-order valence-electron chi connectivity index (χ1n) is 9.39. The number of rotatable bonds is 2. The van der Waals surface area contributed by atoms with Gasteiger partial charge in [0, 0.05) is 42.6 Å². The van der Waals surface area contributed by atoms with Crippen molar-refractivity contribution in [2.24, 2.45) is 0 Å². The maximum absolute atomic E-state index is 13.3. The van der Waals surface area contributed by atoms with E-state index in [-0.39, 0.29) is 11.8 Å². The monoisotopic (exact) mass is 468 g/mol. The highest BCUT2D eigenvalue weighted by Crippen LogP contribution is 2.49. The summed E-state index contributed by atoms with van der Waals surface area (Å²) in [5.41, 5.74) is 2.56. The van der Waals surface area contributed by atoms with Crippen LogP contribution in [0.5, 0.6) is 0 Å². The molecule has 6 rings (SSSR count). The Morgan fingerprint density at radius 3 is 1.33 bits per heavy atom. The molecule has 0 atom stereocenters. The zero-order chi connectivity index (χ0) is 20.9. The average molecular weight is 469 g/mol. The van der Waals surface area contributed by atoms with Gasteiger partial charge in [0.1, 0.15) is 0 Å². The number of hydrogen-bond donors (Lipinski definition) is 0. The molecule has 8 heteroatoms. The summed E-state index contributed by atoms with van der Waals surface area (Å²) < 4.78 is 4.80. The fourth-order valence-electron chi connectivity index (χ4n) is 4.25. The highest BCUT2D eigenvalue weighted by atomic mass is 32.1. The van der Waals surface area contributed by atoms with Gasteiger partial charge in [-0.1, -0.05) is 0 Å². The van der Waals surface area contributed by atoms with E-state index in [1.54, 1.807) is 69.2 Å². The Bertz CT molecular complexity index is 1310. The minimum Gasteiger partial charge on any atom is -0.309 e. The van der Waals surface area contributed by atoms with Gasteiger partial charge < -0.3 is 9.80 Å². The zero-order valence-electron chi connectivity index (χ0n) is 16.7. The van der Waals surface area contributed by atoms with Crippen LogP contribution >= 0.6 is 45.3 Å². The average Bonchev–Trinajstić information content (AvgIpc) is 3.46. The van der Waals surface area contributed by atoms with Gasteiger partial charge in [-0.3, -0.25) is 9.59 Å². The highest BCUT2D eigenvalue weighted by Gasteiger charge is 2.47. The first-order valence-corrected chi connectivity index (χ1v) is 12.7. The minimum absolute atomic E-state index is 0.103. The minimum atomic E-state index is -0.103. The fourth-order valence-corrected chi connectivity index (χ4v) is 9.06. The molecular formula is C22H16N2O2S4. The van der Waals surface area contributed by atoms with Crippen molar-refractivity contribution < 1.29 is 9.59 Å². The molecule has 0 N–H and O–H groups in total. The van der Waals surface area contributed by atoms with E-state index in [1.165, 1.54) is 28.6 Å². The summed E-state index contributed by atoms with van der Waals surface area (Å²) in [5.74, 6) is -0.206. The van der Waals surface area contributed by atoms with E-state index < -0.39 is 0 Å². The molecule has 0 unspecified atom stereocenters. The molecule has 0 bridgehead atoms. The van der Waals surface area contributed by atoms with E-state index in [1.807, 2.05) is 0 Å². The molecule has 4 aromatic rings. The lowest BCUT2D eigenvalue weighted by Gasteiger charge is -2.18. The quantitative estimate of drug-likeness (QED) is 0.366. The van der Waals surface area contributed by atoms with Crippen LogP contribution < -0.4 is 0 Å². The van der Waals surface area contributed by atoms with Crippen LogP contribution in [0.25, 0.3) is 30.2 Å². The second kappa shape index (κ2) is 6.13. The van der Waals surface area contributed by atoms with Crippen molar-refractivity contribution in [3.8, 4) is 0 Å². The van der Waals surface area contributed by atoms with Gasteiger partial charge in [0.05, 0.1) is 32.3 Å². The number of carbonyl (C=O) groups is 2. The smallest absolute Gasteiger partial charge is 0.261 e. The van der Waals surface area contributed by atoms with Crippen LogP contribution in [-0.4, -0.2) is 35.7 Å². The molecule has 0 fully saturated rings. The van der Waals surface area contributed by atoms with Gasteiger partial charge in [0.25, 0.3) is 11.8 Å². The number of amides is 2. The number of fused-ring (bicyclic) bond motifs is 3. The number of carbonyl (C=O) groups excluding carboxylic acids is 2. The summed E-state index contributed by atoms with van der Waals surface area (Å²) in [6.45, 7) is 4.19. The first-order chi connectivity index (χ1) is 14.3. The molecule has 0 spiro atoms. The molecule has 30 heavy (non-hydrogen) atoms. The predicted octanol–water partition coefficient (Wildman–Crippen LogP) is 5.92. The number of likely N-dealkylation sites (N-methyl/N-ethyl adjacent to an activating group) is 2. The van der Waals surface area contributed by atoms with Gasteiger partial charge in [-0.2, -0.15) is 0 Å². The molecule has 2 aliphatic rings. The third-order valence-electron chi connectivity index (χ3n) is 5.56. The molecule has 2 amide bonds. The molecule has 0 saturated heterocycles. The Morgan fingerprint density at radius 1 is 0.600 bits per heavy atom. The van der Waals surface area contributed by atoms with E-state index in [9.17, 15) is 9.59 Å². The Labute approximate surface area is 189 Å². The topological polar surface area (TPSA) is 40.6 Å². The molecule has 0 aromatic carbocycles. The lowest BCUT2D eigenvalue weighted by atomic mass is 10.1. The SMILES string of the molecule is Cc1cc2sc(C3=C4C(=O)N(C)C(c5cc6sc(C)cc6s5)=C4C(=O)N3C)cc2s1. The van der Waals surface area contributed by atoms with Crippen LogP contribution in [0.2, 0.25) is 0 Å². The normalized spacial score (nSPS) is 17.1. The largest absolute Gasteiger partial charge is 0.309 e. The lowest BCUT2D eigenvalue weighted by molar-refractivity contribution is -0.123. The highest BCUT2D eigenvalue weighted by molar-refractivity contribution is 7.29. The van der Waals surface area contributed by atoms with Crippen LogP contribution in [0.4, 0.5) is 0 Å². The second-order valence-corrected chi connectivity index (χ2v) is 12.3. The Kier molecular flexibility index (Phi) is 3.78. The van der Waals surface area contributed by atoms with Crippen molar-refractivity contribution in [1.82, 2.24) is 9.80 Å². The van der Waals surface area contributed by atoms with Crippen molar-refractivity contribution in [2.45, 2.75) is 13.8 Å². The van der Waals surface area contributed by atoms with Crippen molar-refractivity contribution in [3.05, 3.63) is 54.9 Å². The Hall–Kier alpha value is -2.26. The third-order valence-corrected chi connectivity index (χ3v) is 9.99. The number of nitrogens with zero attached hydrogens (tertiary/aromatic N) is 2. The van der Waals surface area contributed by atoms with E-state index in [0.29, 0.717) is 11.1 Å².